The van der Waals surface area contributed by atoms with Gasteiger partial charge in [0, 0.05) is 10.0 Å². The van der Waals surface area contributed by atoms with Crippen molar-refractivity contribution in [1.82, 2.24) is 14.9 Å². The standard InChI is InChI=1S/C18H15Cl2N3O3/c1-10(12-7-6-11(19)8-14(12)20)21-16(24)9-23-15-5-3-2-4-13(15)17(25)22-18(23)26/h2-8,10H,9H2,1H3,(H,21,24)(H,22,25,26)/t10-/m0/s1. The largest absolute Gasteiger partial charge is 0.348 e. The highest BCUT2D eigenvalue weighted by Gasteiger charge is 2.15. The number of rotatable bonds is 4. The van der Waals surface area contributed by atoms with Gasteiger partial charge in [-0.1, -0.05) is 41.4 Å². The average Bonchev–Trinajstić information content (AvgIpc) is 2.58. The SMILES string of the molecule is C[C@H](NC(=O)Cn1c(=O)[nH]c(=O)c2ccccc21)c1ccc(Cl)cc1Cl. The molecule has 0 saturated carbocycles. The summed E-state index contributed by atoms with van der Waals surface area (Å²) in [4.78, 5) is 38.6. The molecule has 1 amide bonds. The molecule has 134 valence electrons. The maximum Gasteiger partial charge on any atom is 0.329 e. The predicted octanol–water partition coefficient (Wildman–Crippen LogP) is 2.87. The number of amides is 1. The van der Waals surface area contributed by atoms with Gasteiger partial charge in [0.2, 0.25) is 5.91 Å². The summed E-state index contributed by atoms with van der Waals surface area (Å²) in [7, 11) is 0. The van der Waals surface area contributed by atoms with Gasteiger partial charge in [0.05, 0.1) is 16.9 Å². The summed E-state index contributed by atoms with van der Waals surface area (Å²) in [5.74, 6) is -0.386. The molecule has 0 spiro atoms. The van der Waals surface area contributed by atoms with Crippen LogP contribution in [0.15, 0.2) is 52.1 Å². The van der Waals surface area contributed by atoms with Crippen LogP contribution in [0.4, 0.5) is 0 Å². The zero-order valence-electron chi connectivity index (χ0n) is 13.8. The molecule has 1 aromatic heterocycles. The van der Waals surface area contributed by atoms with Gasteiger partial charge in [0.25, 0.3) is 5.56 Å². The van der Waals surface area contributed by atoms with Crippen molar-refractivity contribution in [3.63, 3.8) is 0 Å². The zero-order chi connectivity index (χ0) is 18.8. The lowest BCUT2D eigenvalue weighted by molar-refractivity contribution is -0.122. The minimum Gasteiger partial charge on any atom is -0.348 e. The fourth-order valence-electron chi connectivity index (χ4n) is 2.76. The third-order valence-corrected chi connectivity index (χ3v) is 4.58. The van der Waals surface area contributed by atoms with Crippen molar-refractivity contribution in [3.8, 4) is 0 Å². The van der Waals surface area contributed by atoms with E-state index in [0.29, 0.717) is 26.5 Å². The van der Waals surface area contributed by atoms with Crippen molar-refractivity contribution in [1.29, 1.82) is 0 Å². The van der Waals surface area contributed by atoms with E-state index in [1.807, 2.05) is 0 Å². The van der Waals surface area contributed by atoms with Crippen molar-refractivity contribution in [2.24, 2.45) is 0 Å². The number of nitrogens with zero attached hydrogens (tertiary/aromatic N) is 1. The summed E-state index contributed by atoms with van der Waals surface area (Å²) in [5, 5.41) is 4.08. The summed E-state index contributed by atoms with van der Waals surface area (Å²) >= 11 is 12.0. The molecule has 0 unspecified atom stereocenters. The molecule has 1 atom stereocenters. The summed E-state index contributed by atoms with van der Waals surface area (Å²) < 4.78 is 1.22. The number of carbonyl (C=O) groups excluding carboxylic acids is 1. The second kappa shape index (κ2) is 7.35. The lowest BCUT2D eigenvalue weighted by atomic mass is 10.1. The van der Waals surface area contributed by atoms with E-state index in [0.717, 1.165) is 0 Å². The van der Waals surface area contributed by atoms with Gasteiger partial charge < -0.3 is 5.32 Å². The lowest BCUT2D eigenvalue weighted by Gasteiger charge is -2.17. The van der Waals surface area contributed by atoms with E-state index in [1.165, 1.54) is 4.57 Å². The van der Waals surface area contributed by atoms with E-state index in [9.17, 15) is 14.4 Å². The van der Waals surface area contributed by atoms with Gasteiger partial charge in [-0.15, -0.1) is 0 Å². The number of nitrogens with one attached hydrogen (secondary N) is 2. The Morgan fingerprint density at radius 3 is 2.65 bits per heavy atom. The summed E-state index contributed by atoms with van der Waals surface area (Å²) in [6.45, 7) is 1.55. The maximum atomic E-state index is 12.4. The third-order valence-electron chi connectivity index (χ3n) is 4.01. The smallest absolute Gasteiger partial charge is 0.329 e. The topological polar surface area (TPSA) is 84.0 Å². The number of benzene rings is 2. The summed E-state index contributed by atoms with van der Waals surface area (Å²) in [6.07, 6.45) is 0. The Labute approximate surface area is 158 Å². The minimum absolute atomic E-state index is 0.230. The van der Waals surface area contributed by atoms with Crippen LogP contribution in [0.25, 0.3) is 10.9 Å². The van der Waals surface area contributed by atoms with Crippen molar-refractivity contribution in [2.45, 2.75) is 19.5 Å². The Kier molecular flexibility index (Phi) is 5.15. The molecule has 0 aliphatic rings. The molecule has 0 radical (unpaired) electrons. The van der Waals surface area contributed by atoms with Crippen molar-refractivity contribution in [2.75, 3.05) is 0 Å². The molecule has 0 fully saturated rings. The van der Waals surface area contributed by atoms with E-state index in [1.54, 1.807) is 49.4 Å². The second-order valence-corrected chi connectivity index (χ2v) is 6.66. The Hall–Kier alpha value is -2.57. The minimum atomic E-state index is -0.638. The lowest BCUT2D eigenvalue weighted by Crippen LogP contribution is -2.37. The zero-order valence-corrected chi connectivity index (χ0v) is 15.3. The Balaban J connectivity index is 1.86. The first kappa shape index (κ1) is 18.2. The molecule has 1 heterocycles. The molecule has 3 aromatic rings. The highest BCUT2D eigenvalue weighted by atomic mass is 35.5. The molecule has 2 aromatic carbocycles. The molecular formula is C18H15Cl2N3O3. The number of fused-ring (bicyclic) bond motifs is 1. The van der Waals surface area contributed by atoms with Gasteiger partial charge in [-0.25, -0.2) is 4.79 Å². The fourth-order valence-corrected chi connectivity index (χ4v) is 3.33. The van der Waals surface area contributed by atoms with E-state index in [4.69, 9.17) is 23.2 Å². The van der Waals surface area contributed by atoms with Crippen LogP contribution in [-0.2, 0) is 11.3 Å². The molecule has 26 heavy (non-hydrogen) atoms. The number of H-pyrrole nitrogens is 1. The molecule has 6 nitrogen and oxygen atoms in total. The number of aromatic amines is 1. The van der Waals surface area contributed by atoms with Crippen LogP contribution >= 0.6 is 23.2 Å². The van der Waals surface area contributed by atoms with Crippen LogP contribution in [-0.4, -0.2) is 15.5 Å². The number of hydrogen-bond acceptors (Lipinski definition) is 3. The molecule has 2 N–H and O–H groups in total. The molecule has 0 aliphatic carbocycles. The second-order valence-electron chi connectivity index (χ2n) is 5.82. The Bertz CT molecular complexity index is 1100. The highest BCUT2D eigenvalue weighted by Crippen LogP contribution is 2.26. The van der Waals surface area contributed by atoms with Gasteiger partial charge >= 0.3 is 5.69 Å². The number of para-hydroxylation sites is 1. The average molecular weight is 392 g/mol. The number of halogens is 2. The first-order valence-electron chi connectivity index (χ1n) is 7.83. The van der Waals surface area contributed by atoms with Gasteiger partial charge in [-0.05, 0) is 36.8 Å². The van der Waals surface area contributed by atoms with Gasteiger partial charge in [0.15, 0.2) is 0 Å². The van der Waals surface area contributed by atoms with Crippen molar-refractivity contribution >= 4 is 40.0 Å². The number of hydrogen-bond donors (Lipinski definition) is 2. The van der Waals surface area contributed by atoms with Gasteiger partial charge in [-0.3, -0.25) is 19.1 Å². The van der Waals surface area contributed by atoms with Gasteiger partial charge in [-0.2, -0.15) is 0 Å². The predicted molar refractivity (Wildman–Crippen MR) is 102 cm³/mol. The fraction of sp³-hybridized carbons (Fsp3) is 0.167. The van der Waals surface area contributed by atoms with Crippen LogP contribution in [0, 0.1) is 0 Å². The Morgan fingerprint density at radius 1 is 1.19 bits per heavy atom. The summed E-state index contributed by atoms with van der Waals surface area (Å²) in [5.41, 5.74) is -0.0127. The molecule has 8 heteroatoms. The molecule has 0 aliphatic heterocycles. The van der Waals surface area contributed by atoms with Crippen LogP contribution in [0.1, 0.15) is 18.5 Å². The highest BCUT2D eigenvalue weighted by molar-refractivity contribution is 6.35. The van der Waals surface area contributed by atoms with Crippen LogP contribution in [0.5, 0.6) is 0 Å². The third kappa shape index (κ3) is 3.66. The van der Waals surface area contributed by atoms with Crippen molar-refractivity contribution < 1.29 is 4.79 Å². The van der Waals surface area contributed by atoms with Gasteiger partial charge in [0.1, 0.15) is 6.54 Å². The molecule has 0 saturated heterocycles. The summed E-state index contributed by atoms with van der Waals surface area (Å²) in [6, 6.07) is 11.3. The van der Waals surface area contributed by atoms with E-state index >= 15 is 0 Å². The maximum absolute atomic E-state index is 12.4. The number of aromatic nitrogens is 2. The quantitative estimate of drug-likeness (QED) is 0.716. The first-order valence-corrected chi connectivity index (χ1v) is 8.58. The van der Waals surface area contributed by atoms with Crippen LogP contribution in [0.2, 0.25) is 10.0 Å². The first-order chi connectivity index (χ1) is 12.4. The van der Waals surface area contributed by atoms with Crippen LogP contribution in [0.3, 0.4) is 0 Å². The molecule has 3 rings (SSSR count). The number of carbonyl (C=O) groups is 1. The molecule has 0 bridgehead atoms. The van der Waals surface area contributed by atoms with Crippen LogP contribution < -0.4 is 16.6 Å². The Morgan fingerprint density at radius 2 is 1.92 bits per heavy atom. The van der Waals surface area contributed by atoms with E-state index in [-0.39, 0.29) is 18.5 Å². The monoisotopic (exact) mass is 391 g/mol. The van der Waals surface area contributed by atoms with E-state index < -0.39 is 11.2 Å². The molecular weight excluding hydrogens is 377 g/mol. The van der Waals surface area contributed by atoms with Crippen molar-refractivity contribution in [3.05, 3.63) is 78.9 Å². The van der Waals surface area contributed by atoms with E-state index in [2.05, 4.69) is 10.3 Å². The normalized spacial score (nSPS) is 12.1.